The molecule has 0 rings (SSSR count). The predicted molar refractivity (Wildman–Crippen MR) is 67.6 cm³/mol. The number of halogens is 1. The Kier molecular flexibility index (Phi) is 9.78. The number of ether oxygens (including phenoxy) is 1. The lowest BCUT2D eigenvalue weighted by Crippen LogP contribution is -2.17. The van der Waals surface area contributed by atoms with Crippen molar-refractivity contribution in [3.05, 3.63) is 0 Å². The molecule has 0 aliphatic rings. The minimum atomic E-state index is -0.677. The molecule has 4 heteroatoms. The van der Waals surface area contributed by atoms with Crippen molar-refractivity contribution in [3.63, 3.8) is 0 Å². The van der Waals surface area contributed by atoms with Crippen molar-refractivity contribution in [2.24, 2.45) is 0 Å². The molecule has 0 aromatic rings. The van der Waals surface area contributed by atoms with Crippen molar-refractivity contribution in [1.82, 2.24) is 0 Å². The van der Waals surface area contributed by atoms with E-state index in [1.165, 1.54) is 0 Å². The van der Waals surface area contributed by atoms with Gasteiger partial charge in [-0.25, -0.2) is 4.39 Å². The van der Waals surface area contributed by atoms with Crippen molar-refractivity contribution >= 4 is 17.7 Å². The average molecular weight is 250 g/mol. The smallest absolute Gasteiger partial charge is 0.318 e. The van der Waals surface area contributed by atoms with E-state index in [1.807, 2.05) is 13.8 Å². The van der Waals surface area contributed by atoms with E-state index in [1.54, 1.807) is 18.7 Å². The SMILES string of the molecule is CCCC(F)CCCSC(C)C(=O)OCC. The molecule has 0 aromatic heterocycles. The number of esters is 1. The fraction of sp³-hybridized carbons (Fsp3) is 0.917. The number of thioether (sulfide) groups is 1. The summed E-state index contributed by atoms with van der Waals surface area (Å²) in [6, 6.07) is 0. The molecule has 0 spiro atoms. The first-order valence-corrected chi connectivity index (χ1v) is 7.09. The van der Waals surface area contributed by atoms with Crippen molar-refractivity contribution in [1.29, 1.82) is 0 Å². The number of hydrogen-bond acceptors (Lipinski definition) is 3. The van der Waals surface area contributed by atoms with Gasteiger partial charge in [0.2, 0.25) is 0 Å². The molecule has 2 atom stereocenters. The third kappa shape index (κ3) is 7.97. The lowest BCUT2D eigenvalue weighted by molar-refractivity contribution is -0.142. The Hall–Kier alpha value is -0.250. The third-order valence-corrected chi connectivity index (χ3v) is 3.47. The second-order valence-electron chi connectivity index (χ2n) is 3.79. The van der Waals surface area contributed by atoms with Crippen molar-refractivity contribution in [2.45, 2.75) is 57.9 Å². The standard InChI is InChI=1S/C12H23FO2S/c1-4-7-11(13)8-6-9-16-10(3)12(14)15-5-2/h10-11H,4-9H2,1-3H3. The van der Waals surface area contributed by atoms with Crippen molar-refractivity contribution < 1.29 is 13.9 Å². The van der Waals surface area contributed by atoms with Gasteiger partial charge in [-0.1, -0.05) is 13.3 Å². The number of carbonyl (C=O) groups excluding carboxylic acids is 1. The number of alkyl halides is 1. The highest BCUT2D eigenvalue weighted by Gasteiger charge is 2.14. The summed E-state index contributed by atoms with van der Waals surface area (Å²) in [5.74, 6) is 0.655. The van der Waals surface area contributed by atoms with Crippen LogP contribution in [0, 0.1) is 0 Å². The highest BCUT2D eigenvalue weighted by molar-refractivity contribution is 8.00. The Labute approximate surface area is 102 Å². The minimum absolute atomic E-state index is 0.135. The molecule has 0 aliphatic heterocycles. The third-order valence-electron chi connectivity index (χ3n) is 2.25. The molecule has 0 fully saturated rings. The molecule has 0 saturated carbocycles. The van der Waals surface area contributed by atoms with E-state index in [0.717, 1.165) is 18.6 Å². The van der Waals surface area contributed by atoms with E-state index < -0.39 is 6.17 Å². The second-order valence-corrected chi connectivity index (χ2v) is 5.24. The van der Waals surface area contributed by atoms with Gasteiger partial charge in [-0.2, -0.15) is 0 Å². The second kappa shape index (κ2) is 9.94. The summed E-state index contributed by atoms with van der Waals surface area (Å²) in [7, 11) is 0. The minimum Gasteiger partial charge on any atom is -0.465 e. The van der Waals surface area contributed by atoms with Crippen molar-refractivity contribution in [3.8, 4) is 0 Å². The summed E-state index contributed by atoms with van der Waals surface area (Å²) < 4.78 is 18.0. The summed E-state index contributed by atoms with van der Waals surface area (Å²) in [4.78, 5) is 11.3. The van der Waals surface area contributed by atoms with Gasteiger partial charge in [-0.3, -0.25) is 4.79 Å². The summed E-state index contributed by atoms with van der Waals surface area (Å²) in [6.45, 7) is 6.05. The van der Waals surface area contributed by atoms with Gasteiger partial charge < -0.3 is 4.74 Å². The molecule has 0 N–H and O–H groups in total. The average Bonchev–Trinajstić information content (AvgIpc) is 2.24. The Morgan fingerprint density at radius 3 is 2.62 bits per heavy atom. The molecule has 0 amide bonds. The van der Waals surface area contributed by atoms with Crippen LogP contribution in [0.1, 0.15) is 46.5 Å². The number of hydrogen-bond donors (Lipinski definition) is 0. The van der Waals surface area contributed by atoms with Crippen LogP contribution in [0.4, 0.5) is 4.39 Å². The van der Waals surface area contributed by atoms with Gasteiger partial charge in [0.15, 0.2) is 0 Å². The molecule has 0 saturated heterocycles. The number of rotatable bonds is 9. The van der Waals surface area contributed by atoms with Crippen molar-refractivity contribution in [2.75, 3.05) is 12.4 Å². The first kappa shape index (κ1) is 15.8. The van der Waals surface area contributed by atoms with Crippen LogP contribution < -0.4 is 0 Å². The normalized spacial score (nSPS) is 14.5. The summed E-state index contributed by atoms with van der Waals surface area (Å²) in [5.41, 5.74) is 0. The maximum atomic E-state index is 13.1. The Morgan fingerprint density at radius 1 is 1.38 bits per heavy atom. The quantitative estimate of drug-likeness (QED) is 0.462. The van der Waals surface area contributed by atoms with Crippen LogP contribution in [0.5, 0.6) is 0 Å². The lowest BCUT2D eigenvalue weighted by atomic mass is 10.1. The van der Waals surface area contributed by atoms with E-state index in [2.05, 4.69) is 0 Å². The highest BCUT2D eigenvalue weighted by atomic mass is 32.2. The monoisotopic (exact) mass is 250 g/mol. The van der Waals surface area contributed by atoms with Gasteiger partial charge in [0.25, 0.3) is 0 Å². The zero-order chi connectivity index (χ0) is 12.4. The van der Waals surface area contributed by atoms with E-state index in [4.69, 9.17) is 4.74 Å². The Balaban J connectivity index is 3.47. The zero-order valence-electron chi connectivity index (χ0n) is 10.5. The predicted octanol–water partition coefficient (Wildman–Crippen LogP) is 3.59. The molecule has 0 aliphatic carbocycles. The Bertz CT molecular complexity index is 188. The van der Waals surface area contributed by atoms with Crippen LogP contribution in [0.25, 0.3) is 0 Å². The summed E-state index contributed by atoms with van der Waals surface area (Å²) in [5, 5.41) is -0.135. The largest absolute Gasteiger partial charge is 0.465 e. The Morgan fingerprint density at radius 2 is 2.06 bits per heavy atom. The van der Waals surface area contributed by atoms with E-state index in [0.29, 0.717) is 19.4 Å². The topological polar surface area (TPSA) is 26.3 Å². The van der Waals surface area contributed by atoms with E-state index in [-0.39, 0.29) is 11.2 Å². The molecule has 2 unspecified atom stereocenters. The number of carbonyl (C=O) groups is 1. The van der Waals surface area contributed by atoms with Crippen LogP contribution in [-0.2, 0) is 9.53 Å². The van der Waals surface area contributed by atoms with Crippen LogP contribution in [0.3, 0.4) is 0 Å². The first-order chi connectivity index (χ1) is 7.61. The molecular weight excluding hydrogens is 227 g/mol. The van der Waals surface area contributed by atoms with Crippen LogP contribution in [0.15, 0.2) is 0 Å². The molecule has 16 heavy (non-hydrogen) atoms. The maximum Gasteiger partial charge on any atom is 0.318 e. The molecule has 96 valence electrons. The first-order valence-electron chi connectivity index (χ1n) is 6.04. The maximum absolute atomic E-state index is 13.1. The van der Waals surface area contributed by atoms with Gasteiger partial charge in [0, 0.05) is 0 Å². The van der Waals surface area contributed by atoms with Crippen LogP contribution in [-0.4, -0.2) is 29.8 Å². The van der Waals surface area contributed by atoms with Gasteiger partial charge >= 0.3 is 5.97 Å². The van der Waals surface area contributed by atoms with Crippen LogP contribution >= 0.6 is 11.8 Å². The zero-order valence-corrected chi connectivity index (χ0v) is 11.3. The molecule has 0 aromatic carbocycles. The molecular formula is C12H23FO2S. The molecule has 2 nitrogen and oxygen atoms in total. The summed E-state index contributed by atoms with van der Waals surface area (Å²) >= 11 is 1.54. The molecule has 0 bridgehead atoms. The van der Waals surface area contributed by atoms with Gasteiger partial charge in [0.05, 0.1) is 11.9 Å². The fourth-order valence-electron chi connectivity index (χ4n) is 1.35. The molecule has 0 radical (unpaired) electrons. The summed E-state index contributed by atoms with van der Waals surface area (Å²) in [6.07, 6.45) is 2.31. The molecule has 0 heterocycles. The van der Waals surface area contributed by atoms with Crippen LogP contribution in [0.2, 0.25) is 0 Å². The van der Waals surface area contributed by atoms with Gasteiger partial charge in [0.1, 0.15) is 6.17 Å². The fourth-order valence-corrected chi connectivity index (χ4v) is 2.24. The lowest BCUT2D eigenvalue weighted by Gasteiger charge is -2.10. The van der Waals surface area contributed by atoms with E-state index >= 15 is 0 Å². The van der Waals surface area contributed by atoms with Gasteiger partial charge in [-0.05, 0) is 38.9 Å². The van der Waals surface area contributed by atoms with E-state index in [9.17, 15) is 9.18 Å². The highest BCUT2D eigenvalue weighted by Crippen LogP contribution is 2.16. The van der Waals surface area contributed by atoms with Gasteiger partial charge in [-0.15, -0.1) is 11.8 Å².